The normalized spacial score (nSPS) is 18.9. The van der Waals surface area contributed by atoms with Crippen LogP contribution in [-0.4, -0.2) is 15.9 Å². The van der Waals surface area contributed by atoms with E-state index in [4.69, 9.17) is 10.7 Å². The van der Waals surface area contributed by atoms with E-state index in [0.29, 0.717) is 5.92 Å². The summed E-state index contributed by atoms with van der Waals surface area (Å²) in [6.45, 7) is 4.04. The average Bonchev–Trinajstić information content (AvgIpc) is 2.85. The first-order chi connectivity index (χ1) is 9.69. The Hall–Kier alpha value is -1.84. The van der Waals surface area contributed by atoms with Gasteiger partial charge in [-0.3, -0.25) is 5.10 Å². The number of aliphatic imine (C=N–C) groups is 1. The molecule has 1 aliphatic carbocycles. The third-order valence-corrected chi connectivity index (χ3v) is 3.69. The van der Waals surface area contributed by atoms with Gasteiger partial charge in [-0.15, -0.1) is 0 Å². The molecule has 1 aliphatic rings. The number of rotatable bonds is 4. The lowest BCUT2D eigenvalue weighted by Gasteiger charge is -2.21. The minimum Gasteiger partial charge on any atom is -0.405 e. The van der Waals surface area contributed by atoms with Crippen LogP contribution < -0.4 is 5.73 Å². The summed E-state index contributed by atoms with van der Waals surface area (Å²) in [4.78, 5) is 4.75. The summed E-state index contributed by atoms with van der Waals surface area (Å²) in [5.41, 5.74) is 8.76. The van der Waals surface area contributed by atoms with E-state index in [2.05, 4.69) is 23.2 Å². The van der Waals surface area contributed by atoms with Crippen molar-refractivity contribution in [3.63, 3.8) is 0 Å². The second kappa shape index (κ2) is 7.08. The van der Waals surface area contributed by atoms with Crippen LogP contribution in [0.2, 0.25) is 0 Å². The van der Waals surface area contributed by atoms with Gasteiger partial charge in [-0.25, -0.2) is 4.99 Å². The van der Waals surface area contributed by atoms with E-state index < -0.39 is 0 Å². The number of H-pyrrole nitrogens is 1. The minimum atomic E-state index is 0.543. The molecule has 1 heterocycles. The Morgan fingerprint density at radius 2 is 2.15 bits per heavy atom. The van der Waals surface area contributed by atoms with Crippen molar-refractivity contribution in [2.45, 2.75) is 46.0 Å². The number of nitrogens with two attached hydrogens (primary N) is 1. The van der Waals surface area contributed by atoms with E-state index >= 15 is 0 Å². The van der Waals surface area contributed by atoms with Crippen molar-refractivity contribution in [1.82, 2.24) is 10.2 Å². The van der Waals surface area contributed by atoms with Crippen LogP contribution in [0.3, 0.4) is 0 Å². The molecular formula is C16H24N4. The number of nitrogens with one attached hydrogen (secondary N) is 1. The molecule has 1 fully saturated rings. The van der Waals surface area contributed by atoms with Gasteiger partial charge in [0, 0.05) is 23.4 Å². The van der Waals surface area contributed by atoms with Crippen molar-refractivity contribution < 1.29 is 0 Å². The predicted octanol–water partition coefficient (Wildman–Crippen LogP) is 3.79. The fourth-order valence-electron chi connectivity index (χ4n) is 2.67. The maximum absolute atomic E-state index is 5.46. The summed E-state index contributed by atoms with van der Waals surface area (Å²) in [6, 6.07) is 1.98. The maximum atomic E-state index is 5.46. The van der Waals surface area contributed by atoms with E-state index in [1.165, 1.54) is 32.1 Å². The van der Waals surface area contributed by atoms with Gasteiger partial charge >= 0.3 is 0 Å². The summed E-state index contributed by atoms with van der Waals surface area (Å²) in [5, 5.41) is 7.16. The lowest BCUT2D eigenvalue weighted by atomic mass is 9.85. The quantitative estimate of drug-likeness (QED) is 0.647. The van der Waals surface area contributed by atoms with Gasteiger partial charge in [-0.1, -0.05) is 19.3 Å². The highest BCUT2D eigenvalue weighted by molar-refractivity contribution is 5.99. The van der Waals surface area contributed by atoms with Crippen LogP contribution in [-0.2, 0) is 0 Å². The zero-order chi connectivity index (χ0) is 14.4. The number of hydrogen-bond acceptors (Lipinski definition) is 3. The van der Waals surface area contributed by atoms with Gasteiger partial charge in [0.1, 0.15) is 0 Å². The van der Waals surface area contributed by atoms with Gasteiger partial charge in [0.25, 0.3) is 0 Å². The standard InChI is InChI=1S/C16H24N4/c1-12(8-9-17)10-15(14-6-4-3-5-7-14)18-16-11-13(2)19-20-16/h8-11,14H,3-7,17H2,1-2H3,(H,19,20)/b9-8+,12-10-,18-15+. The highest BCUT2D eigenvalue weighted by Gasteiger charge is 2.18. The number of aryl methyl sites for hydroxylation is 1. The Bertz CT molecular complexity index is 516. The van der Waals surface area contributed by atoms with Crippen LogP contribution in [0.15, 0.2) is 35.0 Å². The van der Waals surface area contributed by atoms with E-state index in [9.17, 15) is 0 Å². The molecule has 0 unspecified atom stereocenters. The number of aromatic amines is 1. The fraction of sp³-hybridized carbons (Fsp3) is 0.500. The first kappa shape index (κ1) is 14.6. The monoisotopic (exact) mass is 272 g/mol. The molecule has 0 aromatic carbocycles. The number of aromatic nitrogens is 2. The molecular weight excluding hydrogens is 248 g/mol. The molecule has 3 N–H and O–H groups in total. The fourth-order valence-corrected chi connectivity index (χ4v) is 2.67. The summed E-state index contributed by atoms with van der Waals surface area (Å²) in [7, 11) is 0. The Kier molecular flexibility index (Phi) is 5.16. The maximum Gasteiger partial charge on any atom is 0.174 e. The van der Waals surface area contributed by atoms with E-state index in [1.54, 1.807) is 6.20 Å². The van der Waals surface area contributed by atoms with Gasteiger partial charge < -0.3 is 5.73 Å². The Balaban J connectivity index is 2.27. The lowest BCUT2D eigenvalue weighted by molar-refractivity contribution is 0.440. The summed E-state index contributed by atoms with van der Waals surface area (Å²) in [5.74, 6) is 1.31. The second-order valence-corrected chi connectivity index (χ2v) is 5.53. The Morgan fingerprint density at radius 3 is 2.75 bits per heavy atom. The predicted molar refractivity (Wildman–Crippen MR) is 84.1 cm³/mol. The second-order valence-electron chi connectivity index (χ2n) is 5.53. The molecule has 0 atom stereocenters. The molecule has 1 aromatic heterocycles. The van der Waals surface area contributed by atoms with Crippen LogP contribution in [0.5, 0.6) is 0 Å². The Labute approximate surface area is 120 Å². The molecule has 0 radical (unpaired) electrons. The molecule has 1 aromatic rings. The van der Waals surface area contributed by atoms with Crippen molar-refractivity contribution >= 4 is 11.5 Å². The molecule has 0 saturated heterocycles. The molecule has 1 saturated carbocycles. The van der Waals surface area contributed by atoms with Crippen LogP contribution >= 0.6 is 0 Å². The Morgan fingerprint density at radius 1 is 1.40 bits per heavy atom. The smallest absolute Gasteiger partial charge is 0.174 e. The molecule has 4 heteroatoms. The topological polar surface area (TPSA) is 67.1 Å². The lowest BCUT2D eigenvalue weighted by Crippen LogP contribution is -2.16. The zero-order valence-electron chi connectivity index (χ0n) is 12.4. The van der Waals surface area contributed by atoms with Crippen LogP contribution in [0.25, 0.3) is 0 Å². The largest absolute Gasteiger partial charge is 0.405 e. The summed E-state index contributed by atoms with van der Waals surface area (Å²) >= 11 is 0. The number of hydrogen-bond donors (Lipinski definition) is 2. The van der Waals surface area contributed by atoms with Crippen molar-refractivity contribution in [2.75, 3.05) is 0 Å². The zero-order valence-corrected chi connectivity index (χ0v) is 12.4. The first-order valence-electron chi connectivity index (χ1n) is 7.36. The van der Waals surface area contributed by atoms with Crippen molar-refractivity contribution in [3.05, 3.63) is 35.7 Å². The molecule has 4 nitrogen and oxygen atoms in total. The van der Waals surface area contributed by atoms with Gasteiger partial charge in [-0.2, -0.15) is 5.10 Å². The van der Waals surface area contributed by atoms with Gasteiger partial charge in [0.05, 0.1) is 0 Å². The van der Waals surface area contributed by atoms with E-state index in [1.807, 2.05) is 19.1 Å². The number of nitrogens with zero attached hydrogens (tertiary/aromatic N) is 2. The SMILES string of the molecule is CC(=C/C(=N\c1cc(C)[nH]n1)C1CCCCC1)/C=C/N. The van der Waals surface area contributed by atoms with Crippen molar-refractivity contribution in [3.8, 4) is 0 Å². The molecule has 0 aliphatic heterocycles. The molecule has 108 valence electrons. The minimum absolute atomic E-state index is 0.543. The van der Waals surface area contributed by atoms with Crippen molar-refractivity contribution in [2.24, 2.45) is 16.6 Å². The van der Waals surface area contributed by atoms with Crippen LogP contribution in [0, 0.1) is 12.8 Å². The average molecular weight is 272 g/mol. The molecule has 0 spiro atoms. The van der Waals surface area contributed by atoms with Crippen molar-refractivity contribution in [1.29, 1.82) is 0 Å². The molecule has 2 rings (SSSR count). The molecule has 0 bridgehead atoms. The molecule has 0 amide bonds. The third-order valence-electron chi connectivity index (χ3n) is 3.69. The first-order valence-corrected chi connectivity index (χ1v) is 7.36. The van der Waals surface area contributed by atoms with Gasteiger partial charge in [0.15, 0.2) is 5.82 Å². The van der Waals surface area contributed by atoms with Crippen LogP contribution in [0.4, 0.5) is 5.82 Å². The molecule has 20 heavy (non-hydrogen) atoms. The summed E-state index contributed by atoms with van der Waals surface area (Å²) in [6.07, 6.45) is 12.0. The van der Waals surface area contributed by atoms with E-state index in [-0.39, 0.29) is 0 Å². The summed E-state index contributed by atoms with van der Waals surface area (Å²) < 4.78 is 0. The van der Waals surface area contributed by atoms with Gasteiger partial charge in [-0.05, 0) is 50.6 Å². The third kappa shape index (κ3) is 4.08. The highest BCUT2D eigenvalue weighted by atomic mass is 15.2. The van der Waals surface area contributed by atoms with Crippen LogP contribution in [0.1, 0.15) is 44.7 Å². The highest BCUT2D eigenvalue weighted by Crippen LogP contribution is 2.27. The van der Waals surface area contributed by atoms with Gasteiger partial charge in [0.2, 0.25) is 0 Å². The number of allylic oxidation sites excluding steroid dienone is 3. The van der Waals surface area contributed by atoms with E-state index in [0.717, 1.165) is 22.8 Å².